The Hall–Kier alpha value is -2.71. The predicted molar refractivity (Wildman–Crippen MR) is 124 cm³/mol. The summed E-state index contributed by atoms with van der Waals surface area (Å²) in [4.78, 5) is 13.0. The number of alkyl halides is 3. The normalized spacial score (nSPS) is 33.2. The number of ether oxygens (including phenoxy) is 1. The van der Waals surface area contributed by atoms with E-state index in [9.17, 15) is 18.0 Å². The van der Waals surface area contributed by atoms with Gasteiger partial charge in [0.15, 0.2) is 11.7 Å². The molecule has 1 aromatic carbocycles. The van der Waals surface area contributed by atoms with E-state index in [4.69, 9.17) is 4.74 Å². The second-order valence-electron chi connectivity index (χ2n) is 11.2. The highest BCUT2D eigenvalue weighted by atomic mass is 19.4. The monoisotopic (exact) mass is 488 g/mol. The molecule has 7 rings (SSSR count). The highest BCUT2D eigenvalue weighted by molar-refractivity contribution is 5.93. The van der Waals surface area contributed by atoms with Crippen molar-refractivity contribution >= 4 is 11.7 Å². The number of aromatic nitrogens is 2. The fourth-order valence-electron chi connectivity index (χ4n) is 7.60. The van der Waals surface area contributed by atoms with E-state index in [-0.39, 0.29) is 23.3 Å². The molecule has 1 aliphatic heterocycles. The average molecular weight is 489 g/mol. The second kappa shape index (κ2) is 8.17. The largest absolute Gasteiger partial charge is 0.497 e. The fourth-order valence-corrected chi connectivity index (χ4v) is 7.60. The third-order valence-electron chi connectivity index (χ3n) is 8.73. The third kappa shape index (κ3) is 4.16. The number of hydrogen-bond acceptors (Lipinski definition) is 4. The highest BCUT2D eigenvalue weighted by Gasteiger charge is 2.51. The minimum atomic E-state index is -4.49. The van der Waals surface area contributed by atoms with Gasteiger partial charge in [-0.15, -0.1) is 0 Å². The lowest BCUT2D eigenvalue weighted by atomic mass is 9.49. The minimum Gasteiger partial charge on any atom is -0.497 e. The predicted octanol–water partition coefficient (Wildman–Crippen LogP) is 5.50. The van der Waals surface area contributed by atoms with Gasteiger partial charge in [-0.3, -0.25) is 4.79 Å². The minimum absolute atomic E-state index is 0.0295. The van der Waals surface area contributed by atoms with Crippen LogP contribution in [-0.2, 0) is 0 Å². The molecule has 2 atom stereocenters. The number of hydrogen-bond donors (Lipinski definition) is 2. The number of carbonyl (C=O) groups is 1. The summed E-state index contributed by atoms with van der Waals surface area (Å²) in [5.41, 5.74) is 0.901. The Morgan fingerprint density at radius 2 is 1.74 bits per heavy atom. The fraction of sp³-hybridized carbons (Fsp3) is 0.615. The van der Waals surface area contributed by atoms with Crippen molar-refractivity contribution in [1.29, 1.82) is 0 Å². The molecule has 9 heteroatoms. The zero-order chi connectivity index (χ0) is 24.4. The lowest BCUT2D eigenvalue weighted by Crippen LogP contribution is -2.51. The van der Waals surface area contributed by atoms with Gasteiger partial charge in [0.25, 0.3) is 5.91 Å². The van der Waals surface area contributed by atoms with Crippen LogP contribution in [0.5, 0.6) is 5.75 Å². The van der Waals surface area contributed by atoms with Gasteiger partial charge in [-0.05, 0) is 79.4 Å². The van der Waals surface area contributed by atoms with Crippen LogP contribution in [0.3, 0.4) is 0 Å². The summed E-state index contributed by atoms with van der Waals surface area (Å²) in [6.45, 7) is 0.585. The van der Waals surface area contributed by atoms with E-state index in [0.717, 1.165) is 47.3 Å². The number of rotatable bonds is 5. The molecule has 2 N–H and O–H groups in total. The third-order valence-corrected chi connectivity index (χ3v) is 8.73. The van der Waals surface area contributed by atoms with Gasteiger partial charge >= 0.3 is 6.18 Å². The van der Waals surface area contributed by atoms with Crippen molar-refractivity contribution in [3.8, 4) is 5.75 Å². The maximum absolute atomic E-state index is 14.0. The number of methoxy groups -OCH3 is 1. The molecule has 0 saturated heterocycles. The molecule has 2 aromatic rings. The van der Waals surface area contributed by atoms with Gasteiger partial charge in [-0.2, -0.15) is 18.3 Å². The molecule has 0 spiro atoms. The molecule has 4 saturated carbocycles. The summed E-state index contributed by atoms with van der Waals surface area (Å²) in [5, 5.41) is 10.3. The van der Waals surface area contributed by atoms with Crippen LogP contribution < -0.4 is 15.4 Å². The van der Waals surface area contributed by atoms with Crippen molar-refractivity contribution in [2.75, 3.05) is 19.0 Å². The van der Waals surface area contributed by atoms with Crippen LogP contribution in [0, 0.1) is 23.2 Å². The molecule has 5 aliphatic rings. The summed E-state index contributed by atoms with van der Waals surface area (Å²) < 4.78 is 48.1. The van der Waals surface area contributed by atoms with E-state index in [1.807, 2.05) is 0 Å². The number of amides is 1. The first-order chi connectivity index (χ1) is 16.7. The van der Waals surface area contributed by atoms with E-state index in [2.05, 4.69) is 15.7 Å². The highest BCUT2D eigenvalue weighted by Crippen LogP contribution is 2.59. The van der Waals surface area contributed by atoms with Crippen LogP contribution in [-0.4, -0.2) is 35.5 Å². The summed E-state index contributed by atoms with van der Waals surface area (Å²) >= 11 is 0. The first-order valence-corrected chi connectivity index (χ1v) is 12.6. The van der Waals surface area contributed by atoms with Gasteiger partial charge < -0.3 is 15.4 Å². The zero-order valence-electron chi connectivity index (χ0n) is 19.8. The van der Waals surface area contributed by atoms with Gasteiger partial charge in [0.05, 0.1) is 13.2 Å². The van der Waals surface area contributed by atoms with Gasteiger partial charge in [-0.1, -0.05) is 12.1 Å². The Morgan fingerprint density at radius 3 is 2.31 bits per heavy atom. The number of anilines is 1. The summed E-state index contributed by atoms with van der Waals surface area (Å²) in [6, 6.07) is 6.06. The molecule has 0 unspecified atom stereocenters. The first-order valence-electron chi connectivity index (χ1n) is 12.6. The van der Waals surface area contributed by atoms with Crippen molar-refractivity contribution in [3.63, 3.8) is 0 Å². The molecule has 2 heterocycles. The van der Waals surface area contributed by atoms with Crippen molar-refractivity contribution in [2.45, 2.75) is 63.2 Å². The lowest BCUT2D eigenvalue weighted by Gasteiger charge is -2.56. The number of nitrogens with one attached hydrogen (secondary N) is 2. The molecule has 6 nitrogen and oxygen atoms in total. The standard InChI is InChI=1S/C26H31F3N4O2/c1-35-19-4-2-18(3-5-19)20-9-22(26(27,28)29)33-23(31-20)10-21(32-33)24(34)30-14-25-11-15-6-16(12-25)8-17(7-15)13-25/h2-5,10,15-17,20,22,31H,6-9,11-14H2,1H3,(H,30,34)/t15?,16?,17?,20-,22-,25?/m1/s1. The maximum atomic E-state index is 14.0. The van der Waals surface area contributed by atoms with Crippen molar-refractivity contribution < 1.29 is 22.7 Å². The first kappa shape index (κ1) is 22.7. The molecule has 4 bridgehead atoms. The summed E-state index contributed by atoms with van der Waals surface area (Å²) in [5.74, 6) is 2.75. The van der Waals surface area contributed by atoms with Crippen LogP contribution in [0.1, 0.15) is 73.1 Å². The number of halogens is 3. The Balaban J connectivity index is 1.20. The van der Waals surface area contributed by atoms with Crippen molar-refractivity contribution in [3.05, 3.63) is 41.6 Å². The smallest absolute Gasteiger partial charge is 0.410 e. The number of benzene rings is 1. The van der Waals surface area contributed by atoms with Gasteiger partial charge in [0.1, 0.15) is 11.6 Å². The molecular formula is C26H31F3N4O2. The number of fused-ring (bicyclic) bond motifs is 1. The SMILES string of the molecule is COc1ccc([C@H]2C[C@H](C(F)(F)F)n3nc(C(=O)NCC45CC6CC(CC(C6)C4)C5)cc3N2)cc1. The Morgan fingerprint density at radius 1 is 1.11 bits per heavy atom. The molecular weight excluding hydrogens is 457 g/mol. The van der Waals surface area contributed by atoms with Crippen LogP contribution >= 0.6 is 0 Å². The van der Waals surface area contributed by atoms with Gasteiger partial charge in [-0.25, -0.2) is 4.68 Å². The maximum Gasteiger partial charge on any atom is 0.410 e. The lowest BCUT2D eigenvalue weighted by molar-refractivity contribution is -0.173. The second-order valence-corrected chi connectivity index (χ2v) is 11.2. The quantitative estimate of drug-likeness (QED) is 0.583. The van der Waals surface area contributed by atoms with Crippen LogP contribution in [0.15, 0.2) is 30.3 Å². The molecule has 1 aromatic heterocycles. The molecule has 1 amide bonds. The van der Waals surface area contributed by atoms with E-state index in [0.29, 0.717) is 12.3 Å². The van der Waals surface area contributed by atoms with Gasteiger partial charge in [0.2, 0.25) is 0 Å². The Bertz CT molecular complexity index is 1080. The molecule has 188 valence electrons. The topological polar surface area (TPSA) is 68.2 Å². The van der Waals surface area contributed by atoms with Crippen LogP contribution in [0.4, 0.5) is 19.0 Å². The van der Waals surface area contributed by atoms with E-state index in [1.165, 1.54) is 25.3 Å². The van der Waals surface area contributed by atoms with E-state index in [1.54, 1.807) is 31.4 Å². The molecule has 4 fully saturated rings. The van der Waals surface area contributed by atoms with Gasteiger partial charge in [0, 0.05) is 19.0 Å². The van der Waals surface area contributed by atoms with Crippen LogP contribution in [0.25, 0.3) is 0 Å². The molecule has 4 aliphatic carbocycles. The zero-order valence-corrected chi connectivity index (χ0v) is 19.8. The number of nitrogens with zero attached hydrogens (tertiary/aromatic N) is 2. The molecule has 0 radical (unpaired) electrons. The van der Waals surface area contributed by atoms with Crippen molar-refractivity contribution in [2.24, 2.45) is 23.2 Å². The van der Waals surface area contributed by atoms with E-state index >= 15 is 0 Å². The van der Waals surface area contributed by atoms with E-state index < -0.39 is 24.2 Å². The average Bonchev–Trinajstić information content (AvgIpc) is 3.25. The summed E-state index contributed by atoms with van der Waals surface area (Å²) in [7, 11) is 1.54. The Labute approximate surface area is 202 Å². The number of carbonyl (C=O) groups excluding carboxylic acids is 1. The van der Waals surface area contributed by atoms with Crippen molar-refractivity contribution in [1.82, 2.24) is 15.1 Å². The Kier molecular flexibility index (Phi) is 5.30. The van der Waals surface area contributed by atoms with Crippen LogP contribution in [0.2, 0.25) is 0 Å². The summed E-state index contributed by atoms with van der Waals surface area (Å²) in [6.07, 6.45) is 2.72. The molecule has 35 heavy (non-hydrogen) atoms.